The van der Waals surface area contributed by atoms with Crippen molar-refractivity contribution in [2.24, 2.45) is 0 Å². The molecule has 0 spiro atoms. The second kappa shape index (κ2) is 11.8. The van der Waals surface area contributed by atoms with Crippen LogP contribution in [-0.4, -0.2) is 62.1 Å². The van der Waals surface area contributed by atoms with Gasteiger partial charge in [0, 0.05) is 26.2 Å². The minimum atomic E-state index is -0.0867. The van der Waals surface area contributed by atoms with Crippen LogP contribution in [0.1, 0.15) is 33.1 Å². The molecule has 1 rings (SSSR count). The van der Waals surface area contributed by atoms with Crippen molar-refractivity contribution in [3.8, 4) is 0 Å². The third-order valence-corrected chi connectivity index (χ3v) is 3.16. The van der Waals surface area contributed by atoms with E-state index < -0.39 is 0 Å². The zero-order chi connectivity index (χ0) is 14.8. The first-order valence-corrected chi connectivity index (χ1v) is 7.54. The molecule has 2 amide bonds. The molecule has 1 heterocycles. The Morgan fingerprint density at radius 2 is 2.10 bits per heavy atom. The molecule has 1 unspecified atom stereocenters. The maximum Gasteiger partial charge on any atom is 0.239 e. The molecule has 0 aromatic rings. The minimum absolute atomic E-state index is 0. The van der Waals surface area contributed by atoms with Crippen molar-refractivity contribution in [1.29, 1.82) is 0 Å². The average Bonchev–Trinajstić information content (AvgIpc) is 2.45. The third kappa shape index (κ3) is 8.24. The molecule has 0 saturated carbocycles. The van der Waals surface area contributed by atoms with Gasteiger partial charge in [0.1, 0.15) is 0 Å². The molecular weight excluding hydrogens is 294 g/mol. The summed E-state index contributed by atoms with van der Waals surface area (Å²) in [5, 5.41) is 6.01. The van der Waals surface area contributed by atoms with Gasteiger partial charge in [-0.15, -0.1) is 12.4 Å². The predicted molar refractivity (Wildman–Crippen MR) is 84.6 cm³/mol. The summed E-state index contributed by atoms with van der Waals surface area (Å²) in [4.78, 5) is 25.6. The summed E-state index contributed by atoms with van der Waals surface area (Å²) in [5.74, 6) is -0.0939. The van der Waals surface area contributed by atoms with Gasteiger partial charge in [-0.3, -0.25) is 9.59 Å². The summed E-state index contributed by atoms with van der Waals surface area (Å²) in [7, 11) is 0. The highest BCUT2D eigenvalue weighted by Gasteiger charge is 2.22. The fourth-order valence-electron chi connectivity index (χ4n) is 2.13. The third-order valence-electron chi connectivity index (χ3n) is 3.16. The van der Waals surface area contributed by atoms with Gasteiger partial charge in [-0.2, -0.15) is 0 Å². The Kier molecular flexibility index (Phi) is 11.3. The summed E-state index contributed by atoms with van der Waals surface area (Å²) in [6.07, 6.45) is 2.01. The lowest BCUT2D eigenvalue weighted by atomic mass is 10.2. The van der Waals surface area contributed by atoms with Gasteiger partial charge in [0.15, 0.2) is 0 Å². The number of nitrogens with one attached hydrogen (secondary N) is 2. The Balaban J connectivity index is 0.00000400. The number of hydrogen-bond donors (Lipinski definition) is 2. The Labute approximate surface area is 133 Å². The first-order chi connectivity index (χ1) is 9.67. The van der Waals surface area contributed by atoms with Crippen LogP contribution in [0, 0.1) is 0 Å². The summed E-state index contributed by atoms with van der Waals surface area (Å²) >= 11 is 0. The first kappa shape index (κ1) is 20.1. The molecule has 21 heavy (non-hydrogen) atoms. The fourth-order valence-corrected chi connectivity index (χ4v) is 2.13. The van der Waals surface area contributed by atoms with Gasteiger partial charge in [-0.25, -0.2) is 0 Å². The normalized spacial score (nSPS) is 17.7. The van der Waals surface area contributed by atoms with Gasteiger partial charge in [-0.05, 0) is 12.8 Å². The zero-order valence-electron chi connectivity index (χ0n) is 13.0. The van der Waals surface area contributed by atoms with Crippen LogP contribution in [0.3, 0.4) is 0 Å². The molecule has 0 radical (unpaired) electrons. The van der Waals surface area contributed by atoms with E-state index in [2.05, 4.69) is 10.6 Å². The minimum Gasteiger partial charge on any atom is -0.375 e. The first-order valence-electron chi connectivity index (χ1n) is 7.54. The molecule has 0 aliphatic carbocycles. The number of halogens is 1. The molecule has 1 aliphatic rings. The van der Waals surface area contributed by atoms with Crippen LogP contribution in [-0.2, 0) is 14.3 Å². The summed E-state index contributed by atoms with van der Waals surface area (Å²) in [6, 6.07) is 0. The van der Waals surface area contributed by atoms with E-state index in [1.165, 1.54) is 0 Å². The highest BCUT2D eigenvalue weighted by molar-refractivity contribution is 5.85. The van der Waals surface area contributed by atoms with E-state index in [9.17, 15) is 9.59 Å². The Hall–Kier alpha value is -0.850. The van der Waals surface area contributed by atoms with Crippen molar-refractivity contribution < 1.29 is 14.3 Å². The molecule has 1 saturated heterocycles. The van der Waals surface area contributed by atoms with E-state index in [-0.39, 0.29) is 36.9 Å². The largest absolute Gasteiger partial charge is 0.375 e. The van der Waals surface area contributed by atoms with Crippen LogP contribution in [0.25, 0.3) is 0 Å². The zero-order valence-corrected chi connectivity index (χ0v) is 13.8. The Morgan fingerprint density at radius 3 is 2.67 bits per heavy atom. The van der Waals surface area contributed by atoms with Gasteiger partial charge in [0.25, 0.3) is 0 Å². The van der Waals surface area contributed by atoms with E-state index in [0.29, 0.717) is 32.7 Å². The van der Waals surface area contributed by atoms with E-state index in [1.807, 2.05) is 13.8 Å². The van der Waals surface area contributed by atoms with Crippen LogP contribution in [0.4, 0.5) is 0 Å². The number of hydrogen-bond acceptors (Lipinski definition) is 4. The fraction of sp³-hybridized carbons (Fsp3) is 0.857. The number of carbonyl (C=O) groups is 2. The molecule has 1 atom stereocenters. The van der Waals surface area contributed by atoms with Crippen molar-refractivity contribution in [1.82, 2.24) is 15.5 Å². The lowest BCUT2D eigenvalue weighted by Crippen LogP contribution is -2.45. The molecule has 6 nitrogen and oxygen atoms in total. The summed E-state index contributed by atoms with van der Waals surface area (Å²) < 4.78 is 5.54. The molecule has 0 bridgehead atoms. The molecule has 1 aliphatic heterocycles. The van der Waals surface area contributed by atoms with Gasteiger partial charge < -0.3 is 20.3 Å². The SMILES string of the molecule is CCCNC(=O)CN(CCC)C(=O)CC1CNCCO1.Cl. The highest BCUT2D eigenvalue weighted by atomic mass is 35.5. The Morgan fingerprint density at radius 1 is 1.33 bits per heavy atom. The van der Waals surface area contributed by atoms with Crippen LogP contribution in [0.2, 0.25) is 0 Å². The maximum atomic E-state index is 12.2. The van der Waals surface area contributed by atoms with E-state index in [1.54, 1.807) is 4.90 Å². The molecule has 1 fully saturated rings. The number of morpholine rings is 1. The number of ether oxygens (including phenoxy) is 1. The van der Waals surface area contributed by atoms with Crippen molar-refractivity contribution in [3.05, 3.63) is 0 Å². The smallest absolute Gasteiger partial charge is 0.239 e. The Bertz CT molecular complexity index is 310. The lowest BCUT2D eigenvalue weighted by Gasteiger charge is -2.27. The van der Waals surface area contributed by atoms with Crippen molar-refractivity contribution in [2.75, 3.05) is 39.3 Å². The molecule has 0 aromatic heterocycles. The van der Waals surface area contributed by atoms with Crippen molar-refractivity contribution >= 4 is 24.2 Å². The lowest BCUT2D eigenvalue weighted by molar-refractivity contribution is -0.138. The standard InChI is InChI=1S/C14H27N3O3.ClH/c1-3-5-16-13(18)11-17(7-4-2)14(19)9-12-10-15-6-8-20-12;/h12,15H,3-11H2,1-2H3,(H,16,18);1H. The molecule has 0 aromatic carbocycles. The van der Waals surface area contributed by atoms with Crippen LogP contribution in [0.5, 0.6) is 0 Å². The number of nitrogens with zero attached hydrogens (tertiary/aromatic N) is 1. The number of rotatable bonds is 8. The molecule has 7 heteroatoms. The second-order valence-electron chi connectivity index (χ2n) is 5.07. The molecular formula is C14H28ClN3O3. The molecule has 124 valence electrons. The summed E-state index contributed by atoms with van der Waals surface area (Å²) in [5.41, 5.74) is 0. The number of amides is 2. The van der Waals surface area contributed by atoms with Gasteiger partial charge >= 0.3 is 0 Å². The van der Waals surface area contributed by atoms with Gasteiger partial charge in [-0.1, -0.05) is 13.8 Å². The van der Waals surface area contributed by atoms with Crippen LogP contribution < -0.4 is 10.6 Å². The second-order valence-corrected chi connectivity index (χ2v) is 5.07. The van der Waals surface area contributed by atoms with Crippen molar-refractivity contribution in [3.63, 3.8) is 0 Å². The predicted octanol–water partition coefficient (Wildman–Crippen LogP) is 0.552. The number of carbonyl (C=O) groups excluding carboxylic acids is 2. The van der Waals surface area contributed by atoms with Gasteiger partial charge in [0.2, 0.25) is 11.8 Å². The quantitative estimate of drug-likeness (QED) is 0.685. The van der Waals surface area contributed by atoms with Crippen LogP contribution >= 0.6 is 12.4 Å². The molecule has 2 N–H and O–H groups in total. The maximum absolute atomic E-state index is 12.2. The van der Waals surface area contributed by atoms with E-state index in [0.717, 1.165) is 19.4 Å². The van der Waals surface area contributed by atoms with Crippen LogP contribution in [0.15, 0.2) is 0 Å². The highest BCUT2D eigenvalue weighted by Crippen LogP contribution is 2.05. The topological polar surface area (TPSA) is 70.7 Å². The van der Waals surface area contributed by atoms with Crippen molar-refractivity contribution in [2.45, 2.75) is 39.2 Å². The van der Waals surface area contributed by atoms with E-state index in [4.69, 9.17) is 4.74 Å². The summed E-state index contributed by atoms with van der Waals surface area (Å²) in [6.45, 7) is 7.60. The average molecular weight is 322 g/mol. The monoisotopic (exact) mass is 321 g/mol. The van der Waals surface area contributed by atoms with Gasteiger partial charge in [0.05, 0.1) is 25.7 Å². The van der Waals surface area contributed by atoms with E-state index >= 15 is 0 Å².